The lowest BCUT2D eigenvalue weighted by Crippen LogP contribution is -2.28. The Morgan fingerprint density at radius 2 is 1.67 bits per heavy atom. The molecule has 2 aromatic carbocycles. The summed E-state index contributed by atoms with van der Waals surface area (Å²) in [6.07, 6.45) is -2.34. The topological polar surface area (TPSA) is 64.6 Å². The third-order valence-electron chi connectivity index (χ3n) is 3.20. The van der Waals surface area contributed by atoms with Crippen LogP contribution in [-0.4, -0.2) is 24.8 Å². The van der Waals surface area contributed by atoms with E-state index in [9.17, 15) is 22.8 Å². The van der Waals surface area contributed by atoms with Crippen molar-refractivity contribution in [2.45, 2.75) is 12.9 Å². The third kappa shape index (κ3) is 8.08. The van der Waals surface area contributed by atoms with Gasteiger partial charge in [0.05, 0.1) is 0 Å². The molecule has 0 unspecified atom stereocenters. The minimum Gasteiger partial charge on any atom is -0.452 e. The van der Waals surface area contributed by atoms with Gasteiger partial charge in [0, 0.05) is 12.6 Å². The van der Waals surface area contributed by atoms with Gasteiger partial charge in [-0.05, 0) is 29.3 Å². The number of carbonyl (C=O) groups is 2. The summed E-state index contributed by atoms with van der Waals surface area (Å²) in [6, 6.07) is 14.2. The third-order valence-corrected chi connectivity index (χ3v) is 3.20. The van der Waals surface area contributed by atoms with Gasteiger partial charge in [0.1, 0.15) is 5.75 Å². The molecule has 0 spiro atoms. The van der Waals surface area contributed by atoms with Gasteiger partial charge < -0.3 is 14.8 Å². The zero-order valence-corrected chi connectivity index (χ0v) is 14.0. The smallest absolute Gasteiger partial charge is 0.452 e. The van der Waals surface area contributed by atoms with E-state index in [2.05, 4.69) is 10.1 Å². The van der Waals surface area contributed by atoms with E-state index in [1.165, 1.54) is 18.2 Å². The summed E-state index contributed by atoms with van der Waals surface area (Å²) in [5.74, 6) is -1.56. The maximum Gasteiger partial charge on any atom is 0.573 e. The van der Waals surface area contributed by atoms with Crippen molar-refractivity contribution in [3.05, 3.63) is 71.8 Å². The first kappa shape index (κ1) is 20.0. The first-order chi connectivity index (χ1) is 12.8. The molecule has 0 aliphatic rings. The van der Waals surface area contributed by atoms with E-state index in [1.807, 2.05) is 30.3 Å². The van der Waals surface area contributed by atoms with Gasteiger partial charge in [-0.2, -0.15) is 0 Å². The van der Waals surface area contributed by atoms with Crippen LogP contribution in [0.2, 0.25) is 0 Å². The van der Waals surface area contributed by atoms with Crippen LogP contribution in [-0.2, 0) is 20.9 Å². The maximum atomic E-state index is 12.1. The van der Waals surface area contributed by atoms with Crippen LogP contribution in [0.5, 0.6) is 5.75 Å². The summed E-state index contributed by atoms with van der Waals surface area (Å²) in [6.45, 7) is -0.117. The number of esters is 1. The number of carbonyl (C=O) groups excluding carboxylic acids is 2. The average molecular weight is 379 g/mol. The van der Waals surface area contributed by atoms with Crippen molar-refractivity contribution in [3.63, 3.8) is 0 Å². The highest BCUT2D eigenvalue weighted by atomic mass is 19.4. The molecule has 5 nitrogen and oxygen atoms in total. The number of halogens is 3. The standard InChI is InChI=1S/C19H16F3NO4/c20-19(21,22)27-16-9-6-14(7-10-16)8-11-18(25)26-13-17(24)23-12-15-4-2-1-3-5-15/h1-11H,12-13H2,(H,23,24)/b11-8+. The van der Waals surface area contributed by atoms with Crippen LogP contribution in [0.25, 0.3) is 6.08 Å². The molecule has 27 heavy (non-hydrogen) atoms. The molecule has 0 fully saturated rings. The Morgan fingerprint density at radius 3 is 2.30 bits per heavy atom. The van der Waals surface area contributed by atoms with Gasteiger partial charge in [0.15, 0.2) is 6.61 Å². The van der Waals surface area contributed by atoms with Crippen LogP contribution < -0.4 is 10.1 Å². The number of rotatable bonds is 7. The highest BCUT2D eigenvalue weighted by molar-refractivity contribution is 5.89. The Hall–Kier alpha value is -3.29. The van der Waals surface area contributed by atoms with Crippen molar-refractivity contribution in [3.8, 4) is 5.75 Å². The van der Waals surface area contributed by atoms with Crippen molar-refractivity contribution >= 4 is 18.0 Å². The molecule has 2 rings (SSSR count). The van der Waals surface area contributed by atoms with Gasteiger partial charge in [-0.3, -0.25) is 4.79 Å². The summed E-state index contributed by atoms with van der Waals surface area (Å²) >= 11 is 0. The van der Waals surface area contributed by atoms with Crippen molar-refractivity contribution in [2.24, 2.45) is 0 Å². The molecular weight excluding hydrogens is 363 g/mol. The number of amides is 1. The summed E-state index contributed by atoms with van der Waals surface area (Å²) in [7, 11) is 0. The highest BCUT2D eigenvalue weighted by Gasteiger charge is 2.30. The molecule has 1 N–H and O–H groups in total. The van der Waals surface area contributed by atoms with Crippen LogP contribution in [0.15, 0.2) is 60.7 Å². The van der Waals surface area contributed by atoms with E-state index in [0.717, 1.165) is 23.8 Å². The summed E-state index contributed by atoms with van der Waals surface area (Å²) in [5, 5.41) is 2.61. The van der Waals surface area contributed by atoms with E-state index >= 15 is 0 Å². The first-order valence-corrected chi connectivity index (χ1v) is 7.83. The highest BCUT2D eigenvalue weighted by Crippen LogP contribution is 2.22. The number of hydrogen-bond donors (Lipinski definition) is 1. The van der Waals surface area contributed by atoms with Gasteiger partial charge in [-0.25, -0.2) is 4.79 Å². The van der Waals surface area contributed by atoms with Crippen LogP contribution in [0.3, 0.4) is 0 Å². The van der Waals surface area contributed by atoms with Crippen LogP contribution in [0, 0.1) is 0 Å². The number of alkyl halides is 3. The van der Waals surface area contributed by atoms with E-state index in [-0.39, 0.29) is 5.75 Å². The Kier molecular flexibility index (Phi) is 6.99. The fraction of sp³-hybridized carbons (Fsp3) is 0.158. The summed E-state index contributed by atoms with van der Waals surface area (Å²) in [5.41, 5.74) is 1.38. The van der Waals surface area contributed by atoms with Crippen molar-refractivity contribution in [1.29, 1.82) is 0 Å². The fourth-order valence-electron chi connectivity index (χ4n) is 1.98. The molecule has 0 bridgehead atoms. The molecule has 0 aromatic heterocycles. The van der Waals surface area contributed by atoms with Gasteiger partial charge in [0.25, 0.3) is 5.91 Å². The molecule has 1 amide bonds. The lowest BCUT2D eigenvalue weighted by molar-refractivity contribution is -0.274. The number of benzene rings is 2. The maximum absolute atomic E-state index is 12.1. The molecule has 142 valence electrons. The number of nitrogens with one attached hydrogen (secondary N) is 1. The second-order valence-corrected chi connectivity index (χ2v) is 5.32. The fourth-order valence-corrected chi connectivity index (χ4v) is 1.98. The molecule has 0 radical (unpaired) electrons. The van der Waals surface area contributed by atoms with Gasteiger partial charge in [0.2, 0.25) is 0 Å². The predicted octanol–water partition coefficient (Wildman–Crippen LogP) is 3.46. The lowest BCUT2D eigenvalue weighted by Gasteiger charge is -2.08. The zero-order chi connectivity index (χ0) is 19.7. The minimum atomic E-state index is -4.76. The van der Waals surface area contributed by atoms with Crippen molar-refractivity contribution < 1.29 is 32.2 Å². The average Bonchev–Trinajstić information content (AvgIpc) is 2.63. The minimum absolute atomic E-state index is 0.319. The molecule has 0 saturated carbocycles. The molecule has 2 aromatic rings. The van der Waals surface area contributed by atoms with Crippen LogP contribution in [0.1, 0.15) is 11.1 Å². The summed E-state index contributed by atoms with van der Waals surface area (Å²) in [4.78, 5) is 23.2. The molecule has 0 atom stereocenters. The Morgan fingerprint density at radius 1 is 1.00 bits per heavy atom. The van der Waals surface area contributed by atoms with Crippen molar-refractivity contribution in [2.75, 3.05) is 6.61 Å². The molecule has 8 heteroatoms. The second-order valence-electron chi connectivity index (χ2n) is 5.32. The second kappa shape index (κ2) is 9.42. The van der Waals surface area contributed by atoms with E-state index in [0.29, 0.717) is 12.1 Å². The lowest BCUT2D eigenvalue weighted by atomic mass is 10.2. The van der Waals surface area contributed by atoms with Gasteiger partial charge >= 0.3 is 12.3 Å². The molecule has 0 heterocycles. The number of hydrogen-bond acceptors (Lipinski definition) is 4. The SMILES string of the molecule is O=C(COC(=O)/C=C/c1ccc(OC(F)(F)F)cc1)NCc1ccccc1. The normalized spacial score (nSPS) is 11.2. The predicted molar refractivity (Wildman–Crippen MR) is 91.4 cm³/mol. The molecule has 0 aliphatic carbocycles. The van der Waals surface area contributed by atoms with E-state index in [4.69, 9.17) is 4.74 Å². The summed E-state index contributed by atoms with van der Waals surface area (Å²) < 4.78 is 44.7. The quantitative estimate of drug-likeness (QED) is 0.591. The van der Waals surface area contributed by atoms with Crippen molar-refractivity contribution in [1.82, 2.24) is 5.32 Å². The Bertz CT molecular complexity index is 787. The zero-order valence-electron chi connectivity index (χ0n) is 14.0. The monoisotopic (exact) mass is 379 g/mol. The van der Waals surface area contributed by atoms with Gasteiger partial charge in [-0.1, -0.05) is 42.5 Å². The van der Waals surface area contributed by atoms with E-state index < -0.39 is 24.8 Å². The molecular formula is C19H16F3NO4. The molecule has 0 saturated heterocycles. The van der Waals surface area contributed by atoms with Gasteiger partial charge in [-0.15, -0.1) is 13.2 Å². The Balaban J connectivity index is 1.73. The van der Waals surface area contributed by atoms with Crippen LogP contribution >= 0.6 is 0 Å². The largest absolute Gasteiger partial charge is 0.573 e. The molecule has 0 aliphatic heterocycles. The first-order valence-electron chi connectivity index (χ1n) is 7.83. The Labute approximate surface area is 153 Å². The van der Waals surface area contributed by atoms with Crippen LogP contribution in [0.4, 0.5) is 13.2 Å². The van der Waals surface area contributed by atoms with E-state index in [1.54, 1.807) is 0 Å². The number of ether oxygens (including phenoxy) is 2.